The molecule has 0 N–H and O–H groups in total. The van der Waals surface area contributed by atoms with Gasteiger partial charge in [0.2, 0.25) is 0 Å². The zero-order valence-corrected chi connectivity index (χ0v) is 16.5. The molecule has 1 aromatic carbocycles. The van der Waals surface area contributed by atoms with Gasteiger partial charge in [-0.2, -0.15) is 0 Å². The van der Waals surface area contributed by atoms with E-state index >= 15 is 0 Å². The maximum Gasteiger partial charge on any atom is 0.330 e. The van der Waals surface area contributed by atoms with Gasteiger partial charge in [-0.1, -0.05) is 45.1 Å². The van der Waals surface area contributed by atoms with Gasteiger partial charge >= 0.3 is 5.97 Å². The molecule has 0 aliphatic heterocycles. The summed E-state index contributed by atoms with van der Waals surface area (Å²) < 4.78 is 10.4. The van der Waals surface area contributed by atoms with Gasteiger partial charge in [0.05, 0.1) is 13.7 Å². The van der Waals surface area contributed by atoms with Crippen LogP contribution in [0.5, 0.6) is 5.75 Å². The largest absolute Gasteiger partial charge is 0.496 e. The van der Waals surface area contributed by atoms with Crippen molar-refractivity contribution >= 4 is 11.5 Å². The van der Waals surface area contributed by atoms with Gasteiger partial charge in [-0.3, -0.25) is 0 Å². The van der Waals surface area contributed by atoms with Gasteiger partial charge in [-0.05, 0) is 55.0 Å². The van der Waals surface area contributed by atoms with E-state index in [0.29, 0.717) is 6.61 Å². The van der Waals surface area contributed by atoms with Gasteiger partial charge in [0, 0.05) is 11.6 Å². The summed E-state index contributed by atoms with van der Waals surface area (Å²) in [6, 6.07) is 6.26. The molecular weight excluding hydrogens is 312 g/mol. The lowest BCUT2D eigenvalue weighted by Crippen LogP contribution is -2.13. The monoisotopic (exact) mass is 342 g/mol. The van der Waals surface area contributed by atoms with Crippen LogP contribution in [0.4, 0.5) is 0 Å². The first kappa shape index (κ1) is 20.8. The summed E-state index contributed by atoms with van der Waals surface area (Å²) in [6.45, 7) is 12.7. The minimum Gasteiger partial charge on any atom is -0.496 e. The van der Waals surface area contributed by atoms with Crippen LogP contribution in [0.3, 0.4) is 0 Å². The van der Waals surface area contributed by atoms with E-state index < -0.39 is 0 Å². The Labute approximate surface area is 152 Å². The number of methoxy groups -OCH3 is 1. The summed E-state index contributed by atoms with van der Waals surface area (Å²) in [5.41, 5.74) is 4.35. The molecule has 0 aliphatic carbocycles. The molecule has 0 heterocycles. The van der Waals surface area contributed by atoms with Crippen molar-refractivity contribution in [2.45, 2.75) is 47.0 Å². The van der Waals surface area contributed by atoms with Crippen LogP contribution in [0, 0.1) is 0 Å². The molecular formula is C22H30O3. The maximum atomic E-state index is 11.4. The van der Waals surface area contributed by atoms with Crippen LogP contribution in [0.25, 0.3) is 5.57 Å². The van der Waals surface area contributed by atoms with E-state index in [1.165, 1.54) is 11.6 Å². The minimum absolute atomic E-state index is 0.0104. The lowest BCUT2D eigenvalue weighted by molar-refractivity contribution is -0.137. The van der Waals surface area contributed by atoms with Gasteiger partial charge in [-0.25, -0.2) is 4.79 Å². The smallest absolute Gasteiger partial charge is 0.330 e. The molecule has 3 nitrogen and oxygen atoms in total. The number of esters is 1. The van der Waals surface area contributed by atoms with Crippen LogP contribution in [0.2, 0.25) is 0 Å². The molecule has 0 radical (unpaired) electrons. The first-order chi connectivity index (χ1) is 11.7. The lowest BCUT2D eigenvalue weighted by atomic mass is 9.84. The van der Waals surface area contributed by atoms with Crippen molar-refractivity contribution in [1.29, 1.82) is 0 Å². The van der Waals surface area contributed by atoms with Gasteiger partial charge < -0.3 is 9.47 Å². The van der Waals surface area contributed by atoms with Crippen LogP contribution in [0.1, 0.15) is 52.7 Å². The quantitative estimate of drug-likeness (QED) is 0.391. The summed E-state index contributed by atoms with van der Waals surface area (Å²) in [7, 11) is 1.70. The average molecular weight is 342 g/mol. The maximum absolute atomic E-state index is 11.4. The number of hydrogen-bond acceptors (Lipinski definition) is 3. The van der Waals surface area contributed by atoms with E-state index in [0.717, 1.165) is 22.5 Å². The minimum atomic E-state index is -0.310. The van der Waals surface area contributed by atoms with Crippen molar-refractivity contribution in [3.63, 3.8) is 0 Å². The van der Waals surface area contributed by atoms with Crippen molar-refractivity contribution in [3.05, 3.63) is 59.2 Å². The molecule has 0 aromatic heterocycles. The average Bonchev–Trinajstić information content (AvgIpc) is 2.53. The van der Waals surface area contributed by atoms with Crippen molar-refractivity contribution in [2.75, 3.05) is 13.7 Å². The number of allylic oxidation sites excluding steroid dienone is 5. The van der Waals surface area contributed by atoms with E-state index in [1.54, 1.807) is 14.0 Å². The van der Waals surface area contributed by atoms with Crippen LogP contribution in [-0.4, -0.2) is 19.7 Å². The van der Waals surface area contributed by atoms with Gasteiger partial charge in [0.15, 0.2) is 0 Å². The van der Waals surface area contributed by atoms with Gasteiger partial charge in [0.25, 0.3) is 0 Å². The molecule has 1 aromatic rings. The van der Waals surface area contributed by atoms with Crippen LogP contribution < -0.4 is 4.74 Å². The van der Waals surface area contributed by atoms with Crippen molar-refractivity contribution in [2.24, 2.45) is 0 Å². The molecule has 0 fully saturated rings. The van der Waals surface area contributed by atoms with E-state index in [-0.39, 0.29) is 11.4 Å². The topological polar surface area (TPSA) is 35.5 Å². The molecule has 0 atom stereocenters. The molecule has 0 amide bonds. The molecule has 1 rings (SSSR count). The zero-order valence-electron chi connectivity index (χ0n) is 16.5. The Morgan fingerprint density at radius 1 is 1.20 bits per heavy atom. The number of rotatable bonds is 6. The molecule has 0 spiro atoms. The summed E-state index contributed by atoms with van der Waals surface area (Å²) >= 11 is 0. The number of hydrogen-bond donors (Lipinski definition) is 0. The van der Waals surface area contributed by atoms with E-state index in [2.05, 4.69) is 39.8 Å². The highest BCUT2D eigenvalue weighted by Crippen LogP contribution is 2.33. The third kappa shape index (κ3) is 6.61. The molecule has 136 valence electrons. The predicted molar refractivity (Wildman–Crippen MR) is 105 cm³/mol. The van der Waals surface area contributed by atoms with E-state index in [1.807, 2.05) is 31.2 Å². The third-order valence-corrected chi connectivity index (χ3v) is 3.80. The number of carbonyl (C=O) groups is 1. The second-order valence-electron chi connectivity index (χ2n) is 7.01. The van der Waals surface area contributed by atoms with Crippen molar-refractivity contribution in [1.82, 2.24) is 0 Å². The van der Waals surface area contributed by atoms with Gasteiger partial charge in [-0.15, -0.1) is 0 Å². The highest BCUT2D eigenvalue weighted by molar-refractivity contribution is 5.83. The van der Waals surface area contributed by atoms with Crippen LogP contribution >= 0.6 is 0 Å². The third-order valence-electron chi connectivity index (χ3n) is 3.80. The van der Waals surface area contributed by atoms with E-state index in [4.69, 9.17) is 9.47 Å². The van der Waals surface area contributed by atoms with Gasteiger partial charge in [0.1, 0.15) is 5.75 Å². The summed E-state index contributed by atoms with van der Waals surface area (Å²) in [6.07, 6.45) is 7.38. The van der Waals surface area contributed by atoms with Crippen molar-refractivity contribution in [3.8, 4) is 5.75 Å². The number of ether oxygens (including phenoxy) is 2. The zero-order chi connectivity index (χ0) is 19.0. The summed E-state index contributed by atoms with van der Waals surface area (Å²) in [5.74, 6) is 0.600. The molecule has 25 heavy (non-hydrogen) atoms. The van der Waals surface area contributed by atoms with Crippen molar-refractivity contribution < 1.29 is 14.3 Å². The summed E-state index contributed by atoms with van der Waals surface area (Å²) in [4.78, 5) is 11.4. The Balaban J connectivity index is 3.00. The Morgan fingerprint density at radius 3 is 2.44 bits per heavy atom. The highest BCUT2D eigenvalue weighted by Gasteiger charge is 2.19. The molecule has 0 aliphatic rings. The normalized spacial score (nSPS) is 13.2. The standard InChI is InChI=1S/C22H30O3/c1-8-25-21(23)14-16(2)10-9-11-17(3)18-12-13-20(24-7)19(15-18)22(4,5)6/h9-15H,8H2,1-7H3/b10-9?,16-14+,17-11?. The second-order valence-corrected chi connectivity index (χ2v) is 7.01. The molecule has 0 saturated heterocycles. The summed E-state index contributed by atoms with van der Waals surface area (Å²) in [5, 5.41) is 0. The first-order valence-electron chi connectivity index (χ1n) is 8.58. The number of benzene rings is 1. The fourth-order valence-corrected chi connectivity index (χ4v) is 2.40. The fraction of sp³-hybridized carbons (Fsp3) is 0.409. The fourth-order valence-electron chi connectivity index (χ4n) is 2.40. The second kappa shape index (κ2) is 9.26. The van der Waals surface area contributed by atoms with E-state index in [9.17, 15) is 4.79 Å². The molecule has 0 saturated carbocycles. The Kier molecular flexibility index (Phi) is 7.69. The predicted octanol–water partition coefficient (Wildman–Crippen LogP) is 5.46. The van der Waals surface area contributed by atoms with Crippen LogP contribution in [0.15, 0.2) is 48.1 Å². The number of carbonyl (C=O) groups excluding carboxylic acids is 1. The SMILES string of the molecule is CCOC(=O)/C=C(\C)C=CC=C(C)c1ccc(OC)c(C(C)(C)C)c1. The Hall–Kier alpha value is -2.29. The molecule has 0 unspecified atom stereocenters. The highest BCUT2D eigenvalue weighted by atomic mass is 16.5. The first-order valence-corrected chi connectivity index (χ1v) is 8.58. The molecule has 0 bridgehead atoms. The Morgan fingerprint density at radius 2 is 1.88 bits per heavy atom. The Bertz CT molecular complexity index is 686. The lowest BCUT2D eigenvalue weighted by Gasteiger charge is -2.23. The molecule has 3 heteroatoms. The van der Waals surface area contributed by atoms with Crippen LogP contribution in [-0.2, 0) is 14.9 Å².